The molecular formula is C9H12N2O2. The first-order valence-electron chi connectivity index (χ1n) is 4.17. The van der Waals surface area contributed by atoms with Crippen LogP contribution in [0, 0.1) is 6.92 Å². The van der Waals surface area contributed by atoms with Crippen molar-refractivity contribution in [2.45, 2.75) is 20.8 Å². The summed E-state index contributed by atoms with van der Waals surface area (Å²) in [6.07, 6.45) is 2.66. The summed E-state index contributed by atoms with van der Waals surface area (Å²) in [6.45, 7) is 5.79. The monoisotopic (exact) mass is 180 g/mol. The van der Waals surface area contributed by atoms with Crippen LogP contribution in [-0.4, -0.2) is 15.1 Å². The Balaban J connectivity index is 0.000000396. The Bertz CT molecular complexity index is 395. The van der Waals surface area contributed by atoms with Gasteiger partial charge < -0.3 is 9.52 Å². The van der Waals surface area contributed by atoms with Crippen LogP contribution in [0.25, 0.3) is 11.1 Å². The van der Waals surface area contributed by atoms with Crippen molar-refractivity contribution in [2.75, 3.05) is 0 Å². The van der Waals surface area contributed by atoms with Gasteiger partial charge in [-0.15, -0.1) is 0 Å². The summed E-state index contributed by atoms with van der Waals surface area (Å²) in [5, 5.41) is 9.81. The zero-order valence-electron chi connectivity index (χ0n) is 7.90. The van der Waals surface area contributed by atoms with E-state index in [0.29, 0.717) is 11.1 Å². The Kier molecular flexibility index (Phi) is 2.84. The van der Waals surface area contributed by atoms with Crippen molar-refractivity contribution in [1.29, 1.82) is 0 Å². The van der Waals surface area contributed by atoms with Gasteiger partial charge in [0.25, 0.3) is 0 Å². The number of aryl methyl sites for hydroxylation is 1. The lowest BCUT2D eigenvalue weighted by molar-refractivity contribution is 0.464. The largest absolute Gasteiger partial charge is 0.504 e. The van der Waals surface area contributed by atoms with Crippen molar-refractivity contribution in [3.8, 4) is 5.75 Å². The SMILES string of the molecule is CC.Cc1ncnc2occ(O)c12. The first-order chi connectivity index (χ1) is 6.29. The summed E-state index contributed by atoms with van der Waals surface area (Å²) < 4.78 is 4.93. The predicted octanol–water partition coefficient (Wildman–Crippen LogP) is 2.26. The maximum absolute atomic E-state index is 9.22. The fraction of sp³-hybridized carbons (Fsp3) is 0.333. The van der Waals surface area contributed by atoms with E-state index >= 15 is 0 Å². The van der Waals surface area contributed by atoms with Crippen LogP contribution in [0.4, 0.5) is 0 Å². The molecule has 2 aromatic rings. The number of furan rings is 1. The summed E-state index contributed by atoms with van der Waals surface area (Å²) in [5.74, 6) is 0.0955. The molecule has 0 spiro atoms. The van der Waals surface area contributed by atoms with Gasteiger partial charge in [-0.2, -0.15) is 0 Å². The van der Waals surface area contributed by atoms with E-state index in [2.05, 4.69) is 9.97 Å². The molecule has 0 amide bonds. The van der Waals surface area contributed by atoms with E-state index < -0.39 is 0 Å². The molecular weight excluding hydrogens is 168 g/mol. The summed E-state index contributed by atoms with van der Waals surface area (Å²) in [4.78, 5) is 7.73. The number of fused-ring (bicyclic) bond motifs is 1. The van der Waals surface area contributed by atoms with Crippen LogP contribution in [0.15, 0.2) is 17.0 Å². The molecule has 0 aliphatic heterocycles. The topological polar surface area (TPSA) is 59.2 Å². The molecule has 0 saturated carbocycles. The van der Waals surface area contributed by atoms with Gasteiger partial charge in [-0.25, -0.2) is 9.97 Å². The van der Waals surface area contributed by atoms with Gasteiger partial charge in [-0.05, 0) is 6.92 Å². The Morgan fingerprint density at radius 3 is 2.62 bits per heavy atom. The number of hydrogen-bond donors (Lipinski definition) is 1. The molecule has 0 aromatic carbocycles. The van der Waals surface area contributed by atoms with Crippen LogP contribution in [-0.2, 0) is 0 Å². The number of nitrogens with zero attached hydrogens (tertiary/aromatic N) is 2. The summed E-state index contributed by atoms with van der Waals surface area (Å²) in [6, 6.07) is 0. The van der Waals surface area contributed by atoms with E-state index in [0.717, 1.165) is 5.69 Å². The molecule has 2 rings (SSSR count). The highest BCUT2D eigenvalue weighted by Crippen LogP contribution is 2.26. The first kappa shape index (κ1) is 9.51. The molecule has 0 aliphatic rings. The lowest BCUT2D eigenvalue weighted by atomic mass is 10.3. The highest BCUT2D eigenvalue weighted by Gasteiger charge is 2.07. The average Bonchev–Trinajstić information content (AvgIpc) is 2.53. The lowest BCUT2D eigenvalue weighted by Gasteiger charge is -1.90. The van der Waals surface area contributed by atoms with E-state index in [1.165, 1.54) is 12.6 Å². The van der Waals surface area contributed by atoms with Gasteiger partial charge in [-0.3, -0.25) is 0 Å². The fourth-order valence-electron chi connectivity index (χ4n) is 1.01. The quantitative estimate of drug-likeness (QED) is 0.675. The Labute approximate surface area is 76.2 Å². The normalized spacial score (nSPS) is 9.46. The molecule has 0 saturated heterocycles. The average molecular weight is 180 g/mol. The molecule has 1 N–H and O–H groups in total. The minimum absolute atomic E-state index is 0.0955. The second kappa shape index (κ2) is 3.89. The van der Waals surface area contributed by atoms with Gasteiger partial charge in [0.1, 0.15) is 18.0 Å². The van der Waals surface area contributed by atoms with Gasteiger partial charge in [0.2, 0.25) is 5.71 Å². The molecule has 13 heavy (non-hydrogen) atoms. The zero-order valence-corrected chi connectivity index (χ0v) is 7.90. The van der Waals surface area contributed by atoms with Crippen molar-refractivity contribution >= 4 is 11.1 Å². The van der Waals surface area contributed by atoms with E-state index in [1.54, 1.807) is 6.92 Å². The smallest absolute Gasteiger partial charge is 0.233 e. The molecule has 0 atom stereocenters. The summed E-state index contributed by atoms with van der Waals surface area (Å²) >= 11 is 0. The van der Waals surface area contributed by atoms with Crippen molar-refractivity contribution in [1.82, 2.24) is 9.97 Å². The third-order valence-electron chi connectivity index (χ3n) is 1.54. The predicted molar refractivity (Wildman–Crippen MR) is 49.6 cm³/mol. The molecule has 0 fully saturated rings. The van der Waals surface area contributed by atoms with E-state index in [-0.39, 0.29) is 5.75 Å². The third kappa shape index (κ3) is 1.61. The Morgan fingerprint density at radius 2 is 2.00 bits per heavy atom. The number of hydrogen-bond acceptors (Lipinski definition) is 4. The molecule has 2 heterocycles. The van der Waals surface area contributed by atoms with Crippen molar-refractivity contribution in [3.05, 3.63) is 18.3 Å². The maximum atomic E-state index is 9.22. The van der Waals surface area contributed by atoms with Gasteiger partial charge in [0.15, 0.2) is 5.75 Å². The lowest BCUT2D eigenvalue weighted by Crippen LogP contribution is -1.82. The number of rotatable bonds is 0. The van der Waals surface area contributed by atoms with Crippen LogP contribution in [0.5, 0.6) is 5.75 Å². The van der Waals surface area contributed by atoms with Crippen molar-refractivity contribution in [3.63, 3.8) is 0 Å². The highest BCUT2D eigenvalue weighted by molar-refractivity contribution is 5.82. The molecule has 2 aromatic heterocycles. The molecule has 70 valence electrons. The van der Waals surface area contributed by atoms with Crippen LogP contribution >= 0.6 is 0 Å². The molecule has 0 unspecified atom stereocenters. The van der Waals surface area contributed by atoms with Crippen molar-refractivity contribution < 1.29 is 9.52 Å². The minimum atomic E-state index is 0.0955. The van der Waals surface area contributed by atoms with Crippen LogP contribution < -0.4 is 0 Å². The summed E-state index contributed by atoms with van der Waals surface area (Å²) in [7, 11) is 0. The van der Waals surface area contributed by atoms with Gasteiger partial charge in [-0.1, -0.05) is 13.8 Å². The van der Waals surface area contributed by atoms with E-state index in [1.807, 2.05) is 13.8 Å². The van der Waals surface area contributed by atoms with E-state index in [9.17, 15) is 5.11 Å². The van der Waals surface area contributed by atoms with E-state index in [4.69, 9.17) is 4.42 Å². The van der Waals surface area contributed by atoms with Crippen LogP contribution in [0.3, 0.4) is 0 Å². The highest BCUT2D eigenvalue weighted by atomic mass is 16.4. The zero-order chi connectivity index (χ0) is 9.84. The third-order valence-corrected chi connectivity index (χ3v) is 1.54. The van der Waals surface area contributed by atoms with Gasteiger partial charge >= 0.3 is 0 Å². The number of aromatic hydroxyl groups is 1. The fourth-order valence-corrected chi connectivity index (χ4v) is 1.01. The standard InChI is InChI=1S/C7H6N2O2.C2H6/c1-4-6-5(10)2-11-7(6)9-3-8-4;1-2/h2-3,10H,1H3;1-2H3. The van der Waals surface area contributed by atoms with Gasteiger partial charge in [0, 0.05) is 0 Å². The molecule has 0 radical (unpaired) electrons. The van der Waals surface area contributed by atoms with Crippen LogP contribution in [0.1, 0.15) is 19.5 Å². The van der Waals surface area contributed by atoms with Crippen molar-refractivity contribution in [2.24, 2.45) is 0 Å². The first-order valence-corrected chi connectivity index (χ1v) is 4.17. The molecule has 4 heteroatoms. The molecule has 4 nitrogen and oxygen atoms in total. The second-order valence-corrected chi connectivity index (χ2v) is 2.26. The number of aromatic nitrogens is 2. The van der Waals surface area contributed by atoms with Gasteiger partial charge in [0.05, 0.1) is 5.69 Å². The van der Waals surface area contributed by atoms with Crippen LogP contribution in [0.2, 0.25) is 0 Å². The Morgan fingerprint density at radius 1 is 1.31 bits per heavy atom. The second-order valence-electron chi connectivity index (χ2n) is 2.26. The summed E-state index contributed by atoms with van der Waals surface area (Å²) in [5.41, 5.74) is 1.15. The molecule has 0 aliphatic carbocycles. The maximum Gasteiger partial charge on any atom is 0.233 e. The minimum Gasteiger partial charge on any atom is -0.504 e. The Hall–Kier alpha value is -1.58. The molecule has 0 bridgehead atoms.